The minimum Gasteiger partial charge on any atom is -0.452 e. The molecule has 0 bridgehead atoms. The summed E-state index contributed by atoms with van der Waals surface area (Å²) in [5, 5.41) is 7.15. The predicted octanol–water partition coefficient (Wildman–Crippen LogP) is 3.38. The first-order valence-electron chi connectivity index (χ1n) is 8.10. The molecule has 0 saturated carbocycles. The number of esters is 1. The molecule has 0 aliphatic rings. The molecule has 0 saturated heterocycles. The van der Waals surface area contributed by atoms with Gasteiger partial charge in [-0.15, -0.1) is 0 Å². The summed E-state index contributed by atoms with van der Waals surface area (Å²) in [5.41, 5.74) is 2.01. The fraction of sp³-hybridized carbons (Fsp3) is 0.158. The van der Waals surface area contributed by atoms with Crippen molar-refractivity contribution in [2.24, 2.45) is 0 Å². The van der Waals surface area contributed by atoms with Crippen LogP contribution in [0.1, 0.15) is 28.7 Å². The SMILES string of the molecule is CC(=O)NCc1ccc(C(=O)OCc2nc(-c3ccc(Cl)cc3)no2)cc1. The van der Waals surface area contributed by atoms with Crippen molar-refractivity contribution in [2.75, 3.05) is 0 Å². The lowest BCUT2D eigenvalue weighted by atomic mass is 10.1. The quantitative estimate of drug-likeness (QED) is 0.653. The highest BCUT2D eigenvalue weighted by Crippen LogP contribution is 2.19. The third kappa shape index (κ3) is 5.15. The Balaban J connectivity index is 1.56. The molecule has 7 nitrogen and oxygen atoms in total. The molecule has 0 aliphatic carbocycles. The van der Waals surface area contributed by atoms with Gasteiger partial charge in [-0.25, -0.2) is 4.79 Å². The van der Waals surface area contributed by atoms with Crippen molar-refractivity contribution in [3.05, 3.63) is 70.6 Å². The van der Waals surface area contributed by atoms with E-state index in [1.807, 2.05) is 0 Å². The normalized spacial score (nSPS) is 10.4. The van der Waals surface area contributed by atoms with Crippen LogP contribution in [0.25, 0.3) is 11.4 Å². The Bertz CT molecular complexity index is 936. The highest BCUT2D eigenvalue weighted by molar-refractivity contribution is 6.30. The first kappa shape index (κ1) is 18.6. The third-order valence-electron chi connectivity index (χ3n) is 3.63. The lowest BCUT2D eigenvalue weighted by Crippen LogP contribution is -2.18. The highest BCUT2D eigenvalue weighted by atomic mass is 35.5. The van der Waals surface area contributed by atoms with Crippen LogP contribution in [0.15, 0.2) is 53.1 Å². The van der Waals surface area contributed by atoms with Gasteiger partial charge in [0, 0.05) is 24.1 Å². The second kappa shape index (κ2) is 8.46. The van der Waals surface area contributed by atoms with E-state index in [2.05, 4.69) is 15.5 Å². The number of benzene rings is 2. The van der Waals surface area contributed by atoms with E-state index < -0.39 is 5.97 Å². The van der Waals surface area contributed by atoms with Crippen LogP contribution in [0.2, 0.25) is 5.02 Å². The van der Waals surface area contributed by atoms with Crippen molar-refractivity contribution in [2.45, 2.75) is 20.1 Å². The van der Waals surface area contributed by atoms with Crippen LogP contribution in [0.4, 0.5) is 0 Å². The van der Waals surface area contributed by atoms with Gasteiger partial charge >= 0.3 is 5.97 Å². The van der Waals surface area contributed by atoms with Gasteiger partial charge in [0.2, 0.25) is 11.7 Å². The van der Waals surface area contributed by atoms with Crippen molar-refractivity contribution in [3.8, 4) is 11.4 Å². The zero-order valence-corrected chi connectivity index (χ0v) is 15.2. The van der Waals surface area contributed by atoms with Crippen LogP contribution in [-0.2, 0) is 22.7 Å². The van der Waals surface area contributed by atoms with E-state index in [1.54, 1.807) is 48.5 Å². The minimum absolute atomic E-state index is 0.115. The lowest BCUT2D eigenvalue weighted by molar-refractivity contribution is -0.119. The molecule has 1 N–H and O–H groups in total. The van der Waals surface area contributed by atoms with Crippen LogP contribution in [-0.4, -0.2) is 22.0 Å². The summed E-state index contributed by atoms with van der Waals surface area (Å²) in [6, 6.07) is 13.7. The maximum atomic E-state index is 12.1. The summed E-state index contributed by atoms with van der Waals surface area (Å²) < 4.78 is 10.3. The van der Waals surface area contributed by atoms with Crippen molar-refractivity contribution in [3.63, 3.8) is 0 Å². The van der Waals surface area contributed by atoms with Crippen LogP contribution in [0, 0.1) is 0 Å². The molecule has 1 amide bonds. The molecule has 0 atom stereocenters. The van der Waals surface area contributed by atoms with Crippen molar-refractivity contribution in [1.82, 2.24) is 15.5 Å². The number of aromatic nitrogens is 2. The summed E-state index contributed by atoms with van der Waals surface area (Å²) in [4.78, 5) is 27.2. The molecule has 0 aliphatic heterocycles. The van der Waals surface area contributed by atoms with Gasteiger partial charge in [0.05, 0.1) is 5.56 Å². The number of hydrogen-bond donors (Lipinski definition) is 1. The van der Waals surface area contributed by atoms with E-state index in [4.69, 9.17) is 20.9 Å². The zero-order valence-electron chi connectivity index (χ0n) is 14.4. The molecular weight excluding hydrogens is 370 g/mol. The maximum absolute atomic E-state index is 12.1. The molecule has 3 aromatic rings. The molecule has 0 fully saturated rings. The van der Waals surface area contributed by atoms with Gasteiger partial charge in [0.25, 0.3) is 5.89 Å². The van der Waals surface area contributed by atoms with E-state index >= 15 is 0 Å². The predicted molar refractivity (Wildman–Crippen MR) is 97.8 cm³/mol. The van der Waals surface area contributed by atoms with Gasteiger partial charge in [0.1, 0.15) is 0 Å². The molecule has 27 heavy (non-hydrogen) atoms. The van der Waals surface area contributed by atoms with Crippen molar-refractivity contribution < 1.29 is 18.8 Å². The molecule has 3 rings (SSSR count). The molecule has 138 valence electrons. The van der Waals surface area contributed by atoms with Crippen molar-refractivity contribution in [1.29, 1.82) is 0 Å². The number of carbonyl (C=O) groups excluding carboxylic acids is 2. The van der Waals surface area contributed by atoms with E-state index in [0.29, 0.717) is 23.0 Å². The molecule has 0 spiro atoms. The monoisotopic (exact) mass is 385 g/mol. The third-order valence-corrected chi connectivity index (χ3v) is 3.88. The molecule has 1 aromatic heterocycles. The van der Waals surface area contributed by atoms with E-state index in [0.717, 1.165) is 11.1 Å². The number of carbonyl (C=O) groups is 2. The second-order valence-electron chi connectivity index (χ2n) is 5.70. The van der Waals surface area contributed by atoms with Gasteiger partial charge in [-0.3, -0.25) is 4.79 Å². The van der Waals surface area contributed by atoms with Crippen LogP contribution >= 0.6 is 11.6 Å². The Kier molecular flexibility index (Phi) is 5.83. The molecular formula is C19H16ClN3O4. The maximum Gasteiger partial charge on any atom is 0.338 e. The van der Waals surface area contributed by atoms with Crippen molar-refractivity contribution >= 4 is 23.5 Å². The Morgan fingerprint density at radius 2 is 1.81 bits per heavy atom. The Labute approximate surface area is 160 Å². The van der Waals surface area contributed by atoms with E-state index in [-0.39, 0.29) is 18.4 Å². The molecule has 2 aromatic carbocycles. The lowest BCUT2D eigenvalue weighted by Gasteiger charge is -2.05. The topological polar surface area (TPSA) is 94.3 Å². The summed E-state index contributed by atoms with van der Waals surface area (Å²) in [5.74, 6) is -0.0426. The fourth-order valence-corrected chi connectivity index (χ4v) is 2.35. The molecule has 0 unspecified atom stereocenters. The number of rotatable bonds is 6. The number of nitrogens with one attached hydrogen (secondary N) is 1. The number of halogens is 1. The standard InChI is InChI=1S/C19H16ClN3O4/c1-12(24)21-10-13-2-4-15(5-3-13)19(25)26-11-17-22-18(23-27-17)14-6-8-16(20)9-7-14/h2-9H,10-11H2,1H3,(H,21,24). The van der Waals surface area contributed by atoms with Gasteiger partial charge < -0.3 is 14.6 Å². The van der Waals surface area contributed by atoms with Gasteiger partial charge in [-0.1, -0.05) is 28.9 Å². The number of nitrogens with zero attached hydrogens (tertiary/aromatic N) is 2. The number of ether oxygens (including phenoxy) is 1. The second-order valence-corrected chi connectivity index (χ2v) is 6.14. The Hall–Kier alpha value is -3.19. The summed E-state index contributed by atoms with van der Waals surface area (Å²) in [6.07, 6.45) is 0. The van der Waals surface area contributed by atoms with Gasteiger partial charge in [-0.05, 0) is 42.0 Å². The molecule has 0 radical (unpaired) electrons. The van der Waals surface area contributed by atoms with E-state index in [1.165, 1.54) is 6.92 Å². The number of amides is 1. The van der Waals surface area contributed by atoms with Gasteiger partial charge in [0.15, 0.2) is 6.61 Å². The Morgan fingerprint density at radius 3 is 2.48 bits per heavy atom. The molecule has 8 heteroatoms. The summed E-state index contributed by atoms with van der Waals surface area (Å²) >= 11 is 5.85. The number of hydrogen-bond acceptors (Lipinski definition) is 6. The highest BCUT2D eigenvalue weighted by Gasteiger charge is 2.12. The molecule has 1 heterocycles. The zero-order chi connectivity index (χ0) is 19.2. The average Bonchev–Trinajstić information content (AvgIpc) is 3.14. The van der Waals surface area contributed by atoms with Crippen LogP contribution in [0.5, 0.6) is 0 Å². The van der Waals surface area contributed by atoms with Crippen LogP contribution in [0.3, 0.4) is 0 Å². The summed E-state index contributed by atoms with van der Waals surface area (Å²) in [7, 11) is 0. The van der Waals surface area contributed by atoms with Crippen LogP contribution < -0.4 is 5.32 Å². The van der Waals surface area contributed by atoms with Gasteiger partial charge in [-0.2, -0.15) is 4.98 Å². The average molecular weight is 386 g/mol. The largest absolute Gasteiger partial charge is 0.452 e. The summed E-state index contributed by atoms with van der Waals surface area (Å²) in [6.45, 7) is 1.72. The minimum atomic E-state index is -0.507. The fourth-order valence-electron chi connectivity index (χ4n) is 2.23. The Morgan fingerprint density at radius 1 is 1.11 bits per heavy atom. The van der Waals surface area contributed by atoms with E-state index in [9.17, 15) is 9.59 Å². The smallest absolute Gasteiger partial charge is 0.338 e. The first-order valence-corrected chi connectivity index (χ1v) is 8.48. The first-order chi connectivity index (χ1) is 13.0.